The number of rotatable bonds is 4. The second kappa shape index (κ2) is 6.83. The highest BCUT2D eigenvalue weighted by Gasteiger charge is 2.19. The topological polar surface area (TPSA) is 71.2 Å². The van der Waals surface area contributed by atoms with Gasteiger partial charge < -0.3 is 15.0 Å². The van der Waals surface area contributed by atoms with Gasteiger partial charge in [-0.2, -0.15) is 0 Å². The number of esters is 1. The summed E-state index contributed by atoms with van der Waals surface area (Å²) in [5.41, 5.74) is 2.31. The number of methoxy groups -OCH3 is 1. The molecule has 0 atom stereocenters. The summed E-state index contributed by atoms with van der Waals surface area (Å²) in [5, 5.41) is 3.51. The molecule has 0 unspecified atom stereocenters. The van der Waals surface area contributed by atoms with Crippen LogP contribution in [0.1, 0.15) is 16.1 Å². The van der Waals surface area contributed by atoms with Gasteiger partial charge in [0.25, 0.3) is 0 Å². The second-order valence-electron chi connectivity index (χ2n) is 5.15. The van der Waals surface area contributed by atoms with Gasteiger partial charge in [-0.15, -0.1) is 0 Å². The highest BCUT2D eigenvalue weighted by Crippen LogP contribution is 2.28. The molecule has 5 heteroatoms. The summed E-state index contributed by atoms with van der Waals surface area (Å²) in [5.74, 6) is -0.859. The zero-order valence-corrected chi connectivity index (χ0v) is 13.1. The molecule has 2 aromatic carbocycles. The molecule has 1 aromatic heterocycles. The van der Waals surface area contributed by atoms with Gasteiger partial charge in [-0.25, -0.2) is 4.79 Å². The number of carbonyl (C=O) groups is 2. The van der Waals surface area contributed by atoms with Gasteiger partial charge in [0, 0.05) is 17.0 Å². The zero-order chi connectivity index (χ0) is 16.9. The van der Waals surface area contributed by atoms with Crippen molar-refractivity contribution in [3.05, 3.63) is 71.9 Å². The minimum Gasteiger partial charge on any atom is -0.464 e. The molecule has 3 rings (SSSR count). The van der Waals surface area contributed by atoms with Crippen LogP contribution < -0.4 is 5.32 Å². The molecule has 120 valence electrons. The summed E-state index contributed by atoms with van der Waals surface area (Å²) in [4.78, 5) is 27.1. The Morgan fingerprint density at radius 1 is 1.04 bits per heavy atom. The van der Waals surface area contributed by atoms with Crippen LogP contribution in [0.15, 0.2) is 60.7 Å². The lowest BCUT2D eigenvalue weighted by molar-refractivity contribution is -0.111. The number of carbonyl (C=O) groups excluding carboxylic acids is 2. The highest BCUT2D eigenvalue weighted by atomic mass is 16.5. The number of para-hydroxylation sites is 1. The molecule has 1 heterocycles. The van der Waals surface area contributed by atoms with E-state index in [0.717, 1.165) is 16.5 Å². The lowest BCUT2D eigenvalue weighted by Gasteiger charge is -2.04. The highest BCUT2D eigenvalue weighted by molar-refractivity contribution is 6.13. The Morgan fingerprint density at radius 2 is 1.75 bits per heavy atom. The van der Waals surface area contributed by atoms with E-state index in [-0.39, 0.29) is 11.6 Å². The fourth-order valence-electron chi connectivity index (χ4n) is 2.43. The number of amides is 1. The third kappa shape index (κ3) is 3.20. The van der Waals surface area contributed by atoms with Gasteiger partial charge >= 0.3 is 5.97 Å². The summed E-state index contributed by atoms with van der Waals surface area (Å²) in [6.07, 6.45) is 3.14. The van der Waals surface area contributed by atoms with Crippen molar-refractivity contribution >= 4 is 34.5 Å². The van der Waals surface area contributed by atoms with E-state index in [1.807, 2.05) is 54.6 Å². The number of fused-ring (bicyclic) bond motifs is 1. The number of ether oxygens (including phenoxy) is 1. The van der Waals surface area contributed by atoms with Crippen LogP contribution in [0.5, 0.6) is 0 Å². The third-order valence-electron chi connectivity index (χ3n) is 3.57. The predicted molar refractivity (Wildman–Crippen MR) is 93.7 cm³/mol. The summed E-state index contributed by atoms with van der Waals surface area (Å²) in [6, 6.07) is 16.8. The van der Waals surface area contributed by atoms with Crippen LogP contribution >= 0.6 is 0 Å². The molecule has 0 saturated carbocycles. The Balaban J connectivity index is 1.90. The van der Waals surface area contributed by atoms with E-state index >= 15 is 0 Å². The van der Waals surface area contributed by atoms with E-state index in [0.29, 0.717) is 5.69 Å². The monoisotopic (exact) mass is 320 g/mol. The maximum absolute atomic E-state index is 12.2. The van der Waals surface area contributed by atoms with E-state index in [1.165, 1.54) is 13.2 Å². The van der Waals surface area contributed by atoms with Gasteiger partial charge in [-0.05, 0) is 17.7 Å². The van der Waals surface area contributed by atoms with Crippen molar-refractivity contribution in [2.45, 2.75) is 0 Å². The first-order valence-corrected chi connectivity index (χ1v) is 7.42. The largest absolute Gasteiger partial charge is 0.464 e. The molecule has 0 fully saturated rings. The molecule has 2 N–H and O–H groups in total. The van der Waals surface area contributed by atoms with Crippen molar-refractivity contribution in [3.63, 3.8) is 0 Å². The quantitative estimate of drug-likeness (QED) is 0.570. The summed E-state index contributed by atoms with van der Waals surface area (Å²) in [7, 11) is 1.30. The van der Waals surface area contributed by atoms with Crippen molar-refractivity contribution in [1.82, 2.24) is 4.98 Å². The SMILES string of the molecule is COC(=O)c1[nH]c2ccccc2c1NC(=O)C=Cc1ccccc1. The first kappa shape index (κ1) is 15.6. The average Bonchev–Trinajstić information content (AvgIpc) is 2.99. The van der Waals surface area contributed by atoms with Gasteiger partial charge in [0.2, 0.25) is 5.91 Å². The van der Waals surface area contributed by atoms with Crippen molar-refractivity contribution in [3.8, 4) is 0 Å². The first-order valence-electron chi connectivity index (χ1n) is 7.42. The molecule has 3 aromatic rings. The average molecular weight is 320 g/mol. The second-order valence-corrected chi connectivity index (χ2v) is 5.15. The fourth-order valence-corrected chi connectivity index (χ4v) is 2.43. The third-order valence-corrected chi connectivity index (χ3v) is 3.57. The van der Waals surface area contributed by atoms with Gasteiger partial charge in [-0.1, -0.05) is 48.5 Å². The van der Waals surface area contributed by atoms with Gasteiger partial charge in [0.1, 0.15) is 5.69 Å². The molecular formula is C19H16N2O3. The van der Waals surface area contributed by atoms with E-state index in [2.05, 4.69) is 10.3 Å². The van der Waals surface area contributed by atoms with Crippen molar-refractivity contribution in [2.24, 2.45) is 0 Å². The van der Waals surface area contributed by atoms with Gasteiger partial charge in [0.05, 0.1) is 12.8 Å². The van der Waals surface area contributed by atoms with Crippen LogP contribution in [0, 0.1) is 0 Å². The molecule has 0 aliphatic rings. The van der Waals surface area contributed by atoms with Crippen molar-refractivity contribution in [1.29, 1.82) is 0 Å². The Labute approximate surface area is 139 Å². The molecule has 1 amide bonds. The molecular weight excluding hydrogens is 304 g/mol. The number of nitrogens with one attached hydrogen (secondary N) is 2. The lowest BCUT2D eigenvalue weighted by atomic mass is 10.2. The van der Waals surface area contributed by atoms with E-state index in [1.54, 1.807) is 6.08 Å². The number of hydrogen-bond donors (Lipinski definition) is 2. The van der Waals surface area contributed by atoms with Crippen LogP contribution in [0.25, 0.3) is 17.0 Å². The predicted octanol–water partition coefficient (Wildman–Crippen LogP) is 3.61. The number of hydrogen-bond acceptors (Lipinski definition) is 3. The molecule has 0 aliphatic carbocycles. The molecule has 0 radical (unpaired) electrons. The molecule has 0 aliphatic heterocycles. The number of aromatic amines is 1. The van der Waals surface area contributed by atoms with Crippen LogP contribution in [0.4, 0.5) is 5.69 Å². The van der Waals surface area contributed by atoms with Crippen LogP contribution in [0.3, 0.4) is 0 Å². The Kier molecular flexibility index (Phi) is 4.43. The summed E-state index contributed by atoms with van der Waals surface area (Å²) >= 11 is 0. The first-order chi connectivity index (χ1) is 11.7. The van der Waals surface area contributed by atoms with E-state index in [9.17, 15) is 9.59 Å². The zero-order valence-electron chi connectivity index (χ0n) is 13.1. The summed E-state index contributed by atoms with van der Waals surface area (Å²) < 4.78 is 4.78. The smallest absolute Gasteiger partial charge is 0.356 e. The fraction of sp³-hybridized carbons (Fsp3) is 0.0526. The Morgan fingerprint density at radius 3 is 2.50 bits per heavy atom. The molecule has 24 heavy (non-hydrogen) atoms. The van der Waals surface area contributed by atoms with Crippen LogP contribution in [-0.4, -0.2) is 24.0 Å². The summed E-state index contributed by atoms with van der Waals surface area (Å²) in [6.45, 7) is 0. The van der Waals surface area contributed by atoms with Crippen molar-refractivity contribution in [2.75, 3.05) is 12.4 Å². The van der Waals surface area contributed by atoms with Crippen LogP contribution in [0.2, 0.25) is 0 Å². The van der Waals surface area contributed by atoms with Gasteiger partial charge in [0.15, 0.2) is 0 Å². The van der Waals surface area contributed by atoms with E-state index in [4.69, 9.17) is 4.74 Å². The lowest BCUT2D eigenvalue weighted by Crippen LogP contribution is -2.12. The van der Waals surface area contributed by atoms with Crippen molar-refractivity contribution < 1.29 is 14.3 Å². The molecule has 0 bridgehead atoms. The number of benzene rings is 2. The normalized spacial score (nSPS) is 10.9. The van der Waals surface area contributed by atoms with E-state index < -0.39 is 5.97 Å². The Bertz CT molecular complexity index is 911. The number of aromatic nitrogens is 1. The van der Waals surface area contributed by atoms with Crippen LogP contribution in [-0.2, 0) is 9.53 Å². The minimum absolute atomic E-state index is 0.222. The standard InChI is InChI=1S/C19H16N2O3/c1-24-19(23)18-17(14-9-5-6-10-15(14)20-18)21-16(22)12-11-13-7-3-2-4-8-13/h2-12,20H,1H3,(H,21,22). The maximum Gasteiger partial charge on any atom is 0.356 e. The number of H-pyrrole nitrogens is 1. The number of anilines is 1. The molecule has 0 spiro atoms. The Hall–Kier alpha value is -3.34. The van der Waals surface area contributed by atoms with Gasteiger partial charge in [-0.3, -0.25) is 4.79 Å². The minimum atomic E-state index is -0.534. The molecule has 0 saturated heterocycles. The maximum atomic E-state index is 12.2. The molecule has 5 nitrogen and oxygen atoms in total.